The topological polar surface area (TPSA) is 62.5 Å². The van der Waals surface area contributed by atoms with Gasteiger partial charge in [-0.15, -0.1) is 0 Å². The number of nitrogens with one attached hydrogen (secondary N) is 1. The second-order valence-corrected chi connectivity index (χ2v) is 7.34. The number of carbonyl (C=O) groups excluding carboxylic acids is 1. The van der Waals surface area contributed by atoms with Crippen LogP contribution in [0.5, 0.6) is 0 Å². The number of aromatic nitrogens is 3. The smallest absolute Gasteiger partial charge is 0.270 e. The van der Waals surface area contributed by atoms with Gasteiger partial charge >= 0.3 is 0 Å². The molecule has 28 heavy (non-hydrogen) atoms. The van der Waals surface area contributed by atoms with Crippen molar-refractivity contribution < 1.29 is 9.18 Å². The van der Waals surface area contributed by atoms with Gasteiger partial charge in [-0.3, -0.25) is 9.69 Å². The number of amides is 1. The first kappa shape index (κ1) is 18.6. The van der Waals surface area contributed by atoms with Crippen LogP contribution in [0.1, 0.15) is 35.8 Å². The molecular weight excluding hydrogens is 357 g/mol. The fourth-order valence-electron chi connectivity index (χ4n) is 4.01. The molecule has 0 saturated carbocycles. The van der Waals surface area contributed by atoms with E-state index in [0.29, 0.717) is 17.3 Å². The summed E-state index contributed by atoms with van der Waals surface area (Å²) in [5.41, 5.74) is 2.13. The van der Waals surface area contributed by atoms with Gasteiger partial charge in [0.1, 0.15) is 17.8 Å². The third-order valence-electron chi connectivity index (χ3n) is 5.49. The molecule has 1 fully saturated rings. The lowest BCUT2D eigenvalue weighted by Crippen LogP contribution is -2.50. The van der Waals surface area contributed by atoms with Crippen molar-refractivity contribution in [2.75, 3.05) is 13.1 Å². The number of fused-ring (bicyclic) bond motifs is 1. The summed E-state index contributed by atoms with van der Waals surface area (Å²) in [5.74, 6) is 0.0216. The second kappa shape index (κ2) is 8.06. The van der Waals surface area contributed by atoms with Crippen molar-refractivity contribution in [3.63, 3.8) is 0 Å². The molecule has 1 aliphatic heterocycles. The average molecular weight is 381 g/mol. The van der Waals surface area contributed by atoms with Crippen LogP contribution in [0.3, 0.4) is 0 Å². The van der Waals surface area contributed by atoms with Crippen LogP contribution in [0.4, 0.5) is 4.39 Å². The molecule has 4 rings (SSSR count). The van der Waals surface area contributed by atoms with E-state index in [-0.39, 0.29) is 17.8 Å². The van der Waals surface area contributed by atoms with Gasteiger partial charge in [-0.1, -0.05) is 31.5 Å². The molecule has 0 aliphatic carbocycles. The Morgan fingerprint density at radius 2 is 2.14 bits per heavy atom. The van der Waals surface area contributed by atoms with E-state index in [1.54, 1.807) is 22.7 Å². The van der Waals surface area contributed by atoms with Gasteiger partial charge in [0.25, 0.3) is 5.91 Å². The average Bonchev–Trinajstić information content (AvgIpc) is 3.18. The molecule has 3 aromatic rings. The fraction of sp³-hybridized carbons (Fsp3) is 0.381. The first-order valence-corrected chi connectivity index (χ1v) is 9.70. The Morgan fingerprint density at radius 3 is 2.96 bits per heavy atom. The van der Waals surface area contributed by atoms with E-state index in [2.05, 4.69) is 27.2 Å². The number of hydrogen-bond donors (Lipinski definition) is 1. The molecule has 146 valence electrons. The van der Waals surface area contributed by atoms with Gasteiger partial charge in [-0.25, -0.2) is 13.9 Å². The number of halogens is 1. The van der Waals surface area contributed by atoms with Gasteiger partial charge in [-0.05, 0) is 42.2 Å². The van der Waals surface area contributed by atoms with E-state index >= 15 is 0 Å². The predicted molar refractivity (Wildman–Crippen MR) is 104 cm³/mol. The Labute approximate surface area is 163 Å². The zero-order chi connectivity index (χ0) is 19.5. The largest absolute Gasteiger partial charge is 0.348 e. The molecule has 7 heteroatoms. The summed E-state index contributed by atoms with van der Waals surface area (Å²) in [7, 11) is 0. The Bertz CT molecular complexity index is 972. The lowest BCUT2D eigenvalue weighted by molar-refractivity contribution is 0.0833. The van der Waals surface area contributed by atoms with E-state index in [4.69, 9.17) is 0 Å². The number of hydrogen-bond acceptors (Lipinski definition) is 4. The summed E-state index contributed by atoms with van der Waals surface area (Å²) in [5, 5.41) is 7.34. The van der Waals surface area contributed by atoms with E-state index in [0.717, 1.165) is 38.0 Å². The van der Waals surface area contributed by atoms with E-state index in [9.17, 15) is 9.18 Å². The zero-order valence-corrected chi connectivity index (χ0v) is 15.9. The van der Waals surface area contributed by atoms with Crippen LogP contribution >= 0.6 is 0 Å². The molecule has 3 heterocycles. The Morgan fingerprint density at radius 1 is 1.29 bits per heavy atom. The summed E-state index contributed by atoms with van der Waals surface area (Å²) in [6.07, 6.45) is 3.29. The summed E-state index contributed by atoms with van der Waals surface area (Å²) < 4.78 is 15.0. The number of likely N-dealkylation sites (tertiary alicyclic amines) is 1. The highest BCUT2D eigenvalue weighted by molar-refractivity contribution is 5.93. The minimum Gasteiger partial charge on any atom is -0.348 e. The van der Waals surface area contributed by atoms with Crippen LogP contribution in [0.2, 0.25) is 0 Å². The van der Waals surface area contributed by atoms with Gasteiger partial charge in [0.15, 0.2) is 5.65 Å². The maximum absolute atomic E-state index is 13.4. The molecule has 0 radical (unpaired) electrons. The summed E-state index contributed by atoms with van der Waals surface area (Å²) in [6, 6.07) is 12.3. The van der Waals surface area contributed by atoms with Crippen LogP contribution in [0.25, 0.3) is 5.65 Å². The number of benzene rings is 1. The van der Waals surface area contributed by atoms with E-state index < -0.39 is 0 Å². The maximum atomic E-state index is 13.4. The van der Waals surface area contributed by atoms with Crippen molar-refractivity contribution in [2.24, 2.45) is 5.92 Å². The van der Waals surface area contributed by atoms with Crippen LogP contribution in [-0.4, -0.2) is 44.5 Å². The van der Waals surface area contributed by atoms with Crippen LogP contribution in [0, 0.1) is 11.7 Å². The van der Waals surface area contributed by atoms with Crippen molar-refractivity contribution in [1.29, 1.82) is 0 Å². The predicted octanol–water partition coefficient (Wildman–Crippen LogP) is 2.90. The standard InChI is InChI=1S/C21H24FN5O/c1-2-16-13-26(12-15-5-3-6-17(22)11-15)10-9-18(16)25-21(28)19-7-4-8-20-23-14-24-27(19)20/h3-8,11,14,16,18H,2,9-10,12-13H2,1H3,(H,25,28)/t16-,18+/m1/s1. The molecule has 0 bridgehead atoms. The lowest BCUT2D eigenvalue weighted by Gasteiger charge is -2.38. The maximum Gasteiger partial charge on any atom is 0.270 e. The number of piperidine rings is 1. The van der Waals surface area contributed by atoms with Crippen molar-refractivity contribution >= 4 is 11.6 Å². The molecule has 2 atom stereocenters. The third kappa shape index (κ3) is 3.89. The van der Waals surface area contributed by atoms with Gasteiger partial charge in [-0.2, -0.15) is 5.10 Å². The molecule has 1 aromatic carbocycles. The van der Waals surface area contributed by atoms with Crippen molar-refractivity contribution in [3.8, 4) is 0 Å². The molecular formula is C21H24FN5O. The molecule has 0 unspecified atom stereocenters. The minimum atomic E-state index is -0.200. The Hall–Kier alpha value is -2.80. The van der Waals surface area contributed by atoms with Crippen LogP contribution < -0.4 is 5.32 Å². The van der Waals surface area contributed by atoms with E-state index in [1.807, 2.05) is 18.2 Å². The fourth-order valence-corrected chi connectivity index (χ4v) is 4.01. The third-order valence-corrected chi connectivity index (χ3v) is 5.49. The normalized spacial score (nSPS) is 20.4. The van der Waals surface area contributed by atoms with Crippen molar-refractivity contribution in [2.45, 2.75) is 32.4 Å². The highest BCUT2D eigenvalue weighted by Crippen LogP contribution is 2.22. The highest BCUT2D eigenvalue weighted by atomic mass is 19.1. The molecule has 1 aliphatic rings. The first-order chi connectivity index (χ1) is 13.6. The molecule has 1 saturated heterocycles. The van der Waals surface area contributed by atoms with Crippen molar-refractivity contribution in [1.82, 2.24) is 24.8 Å². The number of nitrogens with zero attached hydrogens (tertiary/aromatic N) is 4. The van der Waals surface area contributed by atoms with Gasteiger partial charge in [0.2, 0.25) is 0 Å². The van der Waals surface area contributed by atoms with Gasteiger partial charge in [0, 0.05) is 25.7 Å². The van der Waals surface area contributed by atoms with Gasteiger partial charge < -0.3 is 5.32 Å². The summed E-state index contributed by atoms with van der Waals surface area (Å²) >= 11 is 0. The van der Waals surface area contributed by atoms with Gasteiger partial charge in [0.05, 0.1) is 0 Å². The monoisotopic (exact) mass is 381 g/mol. The Kier molecular flexibility index (Phi) is 5.34. The molecule has 1 amide bonds. The second-order valence-electron chi connectivity index (χ2n) is 7.34. The zero-order valence-electron chi connectivity index (χ0n) is 15.9. The molecule has 6 nitrogen and oxygen atoms in total. The number of pyridine rings is 1. The highest BCUT2D eigenvalue weighted by Gasteiger charge is 2.30. The number of carbonyl (C=O) groups is 1. The van der Waals surface area contributed by atoms with Crippen LogP contribution in [0.15, 0.2) is 48.8 Å². The molecule has 0 spiro atoms. The minimum absolute atomic E-state index is 0.111. The van der Waals surface area contributed by atoms with Crippen molar-refractivity contribution in [3.05, 3.63) is 65.9 Å². The first-order valence-electron chi connectivity index (χ1n) is 9.70. The summed E-state index contributed by atoms with van der Waals surface area (Å²) in [6.45, 7) is 4.62. The lowest BCUT2D eigenvalue weighted by atomic mass is 9.89. The summed E-state index contributed by atoms with van der Waals surface area (Å²) in [4.78, 5) is 19.3. The Balaban J connectivity index is 1.42. The molecule has 1 N–H and O–H groups in total. The number of rotatable bonds is 5. The molecule has 2 aromatic heterocycles. The quantitative estimate of drug-likeness (QED) is 0.738. The van der Waals surface area contributed by atoms with E-state index in [1.165, 1.54) is 12.4 Å². The SMILES string of the molecule is CC[C@@H]1CN(Cc2cccc(F)c2)CC[C@@H]1NC(=O)c1cccc2ncnn12. The van der Waals surface area contributed by atoms with Crippen LogP contribution in [-0.2, 0) is 6.54 Å².